The minimum absolute atomic E-state index is 2.34. The molecule has 0 aliphatic carbocycles. The van der Waals surface area contributed by atoms with Gasteiger partial charge in [-0.15, -0.1) is 0 Å². The number of esters is 2. The fourth-order valence-corrected chi connectivity index (χ4v) is 1.79. The Morgan fingerprint density at radius 3 is 0.667 bits per heavy atom. The Balaban J connectivity index is 7.14. The van der Waals surface area contributed by atoms with Gasteiger partial charge in [-0.1, -0.05) is 0 Å². The lowest BCUT2D eigenvalue weighted by atomic mass is 10.1. The van der Waals surface area contributed by atoms with Gasteiger partial charge in [-0.25, -0.2) is 9.59 Å². The second-order valence-electron chi connectivity index (χ2n) is 5.16. The molecule has 192 valence electrons. The van der Waals surface area contributed by atoms with E-state index in [-0.39, 0.29) is 0 Å². The molecule has 0 aromatic carbocycles. The lowest BCUT2D eigenvalue weighted by Crippen LogP contribution is -2.39. The molecule has 0 saturated carbocycles. The number of hydrogen-bond donors (Lipinski definition) is 0. The Morgan fingerprint density at radius 1 is 0.364 bits per heavy atom. The molecule has 0 amide bonds. The summed E-state index contributed by atoms with van der Waals surface area (Å²) >= 11 is 0. The van der Waals surface area contributed by atoms with Crippen LogP contribution in [0.1, 0.15) is 0 Å². The van der Waals surface area contributed by atoms with E-state index in [2.05, 4.69) is 4.74 Å². The van der Waals surface area contributed by atoms with E-state index in [9.17, 15) is 88.6 Å². The Morgan fingerprint density at radius 2 is 0.545 bits per heavy atom. The molecule has 0 aliphatic rings. The maximum absolute atomic E-state index is 12.6. The number of allylic oxidation sites excluding steroid dienone is 2. The summed E-state index contributed by atoms with van der Waals surface area (Å²) < 4.78 is 227. The zero-order valence-corrected chi connectivity index (χ0v) is 14.0. The summed E-state index contributed by atoms with van der Waals surface area (Å²) in [6, 6.07) is 0. The summed E-state index contributed by atoms with van der Waals surface area (Å²) in [4.78, 5) is 22.2. The van der Waals surface area contributed by atoms with Crippen molar-refractivity contribution in [1.82, 2.24) is 0 Å². The van der Waals surface area contributed by atoms with Gasteiger partial charge >= 0.3 is 49.0 Å². The molecule has 0 aromatic heterocycles. The molecule has 0 radical (unpaired) electrons. The molecule has 3 nitrogen and oxygen atoms in total. The molecular weight excluding hydrogens is 534 g/mol. The first-order valence-corrected chi connectivity index (χ1v) is 6.72. The summed E-state index contributed by atoms with van der Waals surface area (Å²) in [5.41, 5.74) is -18.8. The fourth-order valence-electron chi connectivity index (χ4n) is 1.79. The van der Waals surface area contributed by atoms with Gasteiger partial charge < -0.3 is 4.74 Å². The zero-order chi connectivity index (χ0) is 27.2. The highest BCUT2D eigenvalue weighted by atomic mass is 19.4. The lowest BCUT2D eigenvalue weighted by Gasteiger charge is -2.22. The molecule has 0 bridgehead atoms. The van der Waals surface area contributed by atoms with Crippen LogP contribution in [0.2, 0.25) is 0 Å². The minimum atomic E-state index is -7.18. The van der Waals surface area contributed by atoms with E-state index in [1.807, 2.05) is 0 Å². The van der Waals surface area contributed by atoms with Gasteiger partial charge in [0.2, 0.25) is 0 Å². The van der Waals surface area contributed by atoms with Crippen molar-refractivity contribution in [2.75, 3.05) is 0 Å². The zero-order valence-electron chi connectivity index (χ0n) is 14.0. The Labute approximate surface area is 166 Å². The third kappa shape index (κ3) is 7.72. The molecule has 0 rings (SSSR count). The average Bonchev–Trinajstić information content (AvgIpc) is 2.41. The van der Waals surface area contributed by atoms with E-state index in [4.69, 9.17) is 0 Å². The molecule has 0 atom stereocenters. The SMILES string of the molecule is O=C(OC(=O)C(=C(C(F)(F)F)C(F)(F)F)C(F)(F)F)C(=C(C(F)(F)F)C(F)(F)F)C(F)(F)F. The minimum Gasteiger partial charge on any atom is -0.386 e. The van der Waals surface area contributed by atoms with Crippen molar-refractivity contribution < 1.29 is 93.4 Å². The Bertz CT molecular complexity index is 734. The van der Waals surface area contributed by atoms with Gasteiger partial charge in [-0.3, -0.25) is 0 Å². The summed E-state index contributed by atoms with van der Waals surface area (Å²) in [6.07, 6.45) is -43.0. The van der Waals surface area contributed by atoms with Gasteiger partial charge in [-0.2, -0.15) is 79.0 Å². The molecular formula is C12F18O3. The second kappa shape index (κ2) is 8.61. The van der Waals surface area contributed by atoms with Crippen molar-refractivity contribution in [3.8, 4) is 0 Å². The number of hydrogen-bond acceptors (Lipinski definition) is 3. The van der Waals surface area contributed by atoms with E-state index in [1.165, 1.54) is 0 Å². The highest BCUT2D eigenvalue weighted by Crippen LogP contribution is 2.47. The van der Waals surface area contributed by atoms with Crippen LogP contribution in [-0.2, 0) is 14.3 Å². The van der Waals surface area contributed by atoms with Crippen LogP contribution in [0.25, 0.3) is 0 Å². The molecule has 21 heteroatoms. The van der Waals surface area contributed by atoms with Crippen LogP contribution in [0.5, 0.6) is 0 Å². The number of ether oxygens (including phenoxy) is 1. The van der Waals surface area contributed by atoms with Crippen molar-refractivity contribution in [2.45, 2.75) is 37.1 Å². The number of carbonyl (C=O) groups is 2. The molecule has 0 heterocycles. The largest absolute Gasteiger partial charge is 0.424 e. The van der Waals surface area contributed by atoms with Crippen LogP contribution in [0, 0.1) is 0 Å². The second-order valence-corrected chi connectivity index (χ2v) is 5.16. The first-order chi connectivity index (χ1) is 14.0. The average molecular weight is 534 g/mol. The fraction of sp³-hybridized carbons (Fsp3) is 0.500. The number of alkyl halides is 18. The molecule has 0 spiro atoms. The smallest absolute Gasteiger partial charge is 0.386 e. The van der Waals surface area contributed by atoms with Gasteiger partial charge in [-0.05, 0) is 0 Å². The van der Waals surface area contributed by atoms with Crippen LogP contribution in [0.15, 0.2) is 22.3 Å². The molecule has 0 fully saturated rings. The van der Waals surface area contributed by atoms with Crippen molar-refractivity contribution >= 4 is 11.9 Å². The molecule has 0 N–H and O–H groups in total. The van der Waals surface area contributed by atoms with Crippen molar-refractivity contribution in [2.24, 2.45) is 0 Å². The first-order valence-electron chi connectivity index (χ1n) is 6.72. The molecule has 0 saturated heterocycles. The van der Waals surface area contributed by atoms with Crippen molar-refractivity contribution in [1.29, 1.82) is 0 Å². The highest BCUT2D eigenvalue weighted by molar-refractivity contribution is 6.04. The number of carbonyl (C=O) groups excluding carboxylic acids is 2. The van der Waals surface area contributed by atoms with E-state index in [0.29, 0.717) is 0 Å². The number of halogens is 18. The van der Waals surface area contributed by atoms with Crippen LogP contribution in [0.4, 0.5) is 79.0 Å². The predicted molar refractivity (Wildman–Crippen MR) is 61.5 cm³/mol. The topological polar surface area (TPSA) is 43.4 Å². The summed E-state index contributed by atoms with van der Waals surface area (Å²) in [5, 5.41) is 0. The molecule has 0 unspecified atom stereocenters. The monoisotopic (exact) mass is 534 g/mol. The van der Waals surface area contributed by atoms with Crippen LogP contribution < -0.4 is 0 Å². The van der Waals surface area contributed by atoms with Gasteiger partial charge in [0.1, 0.15) is 0 Å². The maximum Gasteiger partial charge on any atom is 0.424 e. The third-order valence-corrected chi connectivity index (χ3v) is 2.79. The van der Waals surface area contributed by atoms with E-state index in [1.54, 1.807) is 0 Å². The number of rotatable bonds is 2. The van der Waals surface area contributed by atoms with Crippen LogP contribution in [0.3, 0.4) is 0 Å². The first kappa shape index (κ1) is 30.4. The third-order valence-electron chi connectivity index (χ3n) is 2.79. The van der Waals surface area contributed by atoms with E-state index in [0.717, 1.165) is 0 Å². The Kier molecular flexibility index (Phi) is 7.92. The summed E-state index contributed by atoms with van der Waals surface area (Å²) in [5.74, 6) is -8.66. The van der Waals surface area contributed by atoms with Gasteiger partial charge in [0.25, 0.3) is 0 Å². The van der Waals surface area contributed by atoms with Gasteiger partial charge in [0.15, 0.2) is 22.3 Å². The standard InChI is InChI=1S/C12F18O3/c13-7(14,15)1(3(9(19,20)21)10(22,23)24)5(31)33-6(32)2(8(16,17)18)4(11(25,26)27)12(28,29)30. The molecule has 33 heavy (non-hydrogen) atoms. The maximum atomic E-state index is 12.6. The normalized spacial score (nSPS) is 14.0. The van der Waals surface area contributed by atoms with E-state index < -0.39 is 71.3 Å². The summed E-state index contributed by atoms with van der Waals surface area (Å²) in [7, 11) is 0. The predicted octanol–water partition coefficient (Wildman–Crippen LogP) is 6.02. The Hall–Kier alpha value is -2.64. The molecule has 0 aromatic rings. The van der Waals surface area contributed by atoms with Crippen LogP contribution in [-0.4, -0.2) is 49.0 Å². The van der Waals surface area contributed by atoms with Gasteiger partial charge in [0.05, 0.1) is 0 Å². The molecule has 0 aliphatic heterocycles. The van der Waals surface area contributed by atoms with E-state index >= 15 is 0 Å². The van der Waals surface area contributed by atoms with Crippen molar-refractivity contribution in [3.63, 3.8) is 0 Å². The van der Waals surface area contributed by atoms with Crippen LogP contribution >= 0.6 is 0 Å². The van der Waals surface area contributed by atoms with Crippen molar-refractivity contribution in [3.05, 3.63) is 22.3 Å². The quantitative estimate of drug-likeness (QED) is 0.188. The highest BCUT2D eigenvalue weighted by Gasteiger charge is 2.62. The summed E-state index contributed by atoms with van der Waals surface area (Å²) in [6.45, 7) is 0. The van der Waals surface area contributed by atoms with Gasteiger partial charge in [0, 0.05) is 0 Å². The lowest BCUT2D eigenvalue weighted by molar-refractivity contribution is -0.191.